The molecule has 0 unspecified atom stereocenters. The number of anilines is 2. The number of rotatable bonds is 7. The molecule has 1 heterocycles. The van der Waals surface area contributed by atoms with Crippen LogP contribution in [0.1, 0.15) is 54.3 Å². The number of carbonyl (C=O) groups is 3. The number of nitrogens with one attached hydrogen (secondary N) is 1. The Labute approximate surface area is 189 Å². The fraction of sp³-hybridized carbons (Fsp3) is 0.400. The molecule has 170 valence electrons. The number of hydrogen-bond acceptors (Lipinski definition) is 4. The van der Waals surface area contributed by atoms with E-state index in [1.54, 1.807) is 41.3 Å². The zero-order valence-electron chi connectivity index (χ0n) is 19.0. The molecule has 1 aliphatic heterocycles. The zero-order chi connectivity index (χ0) is 23.3. The van der Waals surface area contributed by atoms with Crippen molar-refractivity contribution in [3.05, 3.63) is 59.7 Å². The molecule has 2 aromatic rings. The van der Waals surface area contributed by atoms with Gasteiger partial charge in [0.05, 0.1) is 11.3 Å². The Morgan fingerprint density at radius 3 is 2.25 bits per heavy atom. The molecule has 2 aromatic carbocycles. The van der Waals surface area contributed by atoms with Crippen LogP contribution >= 0.6 is 0 Å². The lowest BCUT2D eigenvalue weighted by molar-refractivity contribution is -0.123. The van der Waals surface area contributed by atoms with Crippen LogP contribution in [-0.4, -0.2) is 48.3 Å². The summed E-state index contributed by atoms with van der Waals surface area (Å²) < 4.78 is 0. The Morgan fingerprint density at radius 1 is 1.06 bits per heavy atom. The maximum atomic E-state index is 13.1. The molecular formula is C25H32N4O3. The maximum absolute atomic E-state index is 13.1. The minimum Gasteiger partial charge on any atom is -0.369 e. The summed E-state index contributed by atoms with van der Waals surface area (Å²) in [7, 11) is 0. The van der Waals surface area contributed by atoms with Gasteiger partial charge in [-0.15, -0.1) is 0 Å². The molecule has 3 N–H and O–H groups in total. The monoisotopic (exact) mass is 436 g/mol. The molecule has 0 aliphatic carbocycles. The van der Waals surface area contributed by atoms with E-state index in [9.17, 15) is 14.4 Å². The molecule has 0 aromatic heterocycles. The van der Waals surface area contributed by atoms with Crippen molar-refractivity contribution in [1.29, 1.82) is 0 Å². The van der Waals surface area contributed by atoms with Crippen molar-refractivity contribution in [1.82, 2.24) is 4.90 Å². The van der Waals surface area contributed by atoms with E-state index in [4.69, 9.17) is 5.73 Å². The summed E-state index contributed by atoms with van der Waals surface area (Å²) in [5.74, 6) is -0.922. The number of nitrogens with two attached hydrogens (primary N) is 1. The molecule has 0 spiro atoms. The standard InChI is InChI=1S/C25H32N4O3/c1-4-29(17(2)3)20-11-9-19(10-12-20)24(31)27-22-8-6-5-7-21(22)25(32)28-15-13-18(14-16-28)23(26)30/h5-12,17-18H,4,13-16H2,1-3H3,(H2,26,30)(H,27,31). The Morgan fingerprint density at radius 2 is 1.69 bits per heavy atom. The lowest BCUT2D eigenvalue weighted by Gasteiger charge is -2.31. The second-order valence-electron chi connectivity index (χ2n) is 8.40. The van der Waals surface area contributed by atoms with Gasteiger partial charge in [0.2, 0.25) is 5.91 Å². The van der Waals surface area contributed by atoms with E-state index in [1.165, 1.54) is 0 Å². The Balaban J connectivity index is 1.71. The first-order valence-electron chi connectivity index (χ1n) is 11.2. The fourth-order valence-corrected chi connectivity index (χ4v) is 4.16. The summed E-state index contributed by atoms with van der Waals surface area (Å²) in [5.41, 5.74) is 7.89. The van der Waals surface area contributed by atoms with Gasteiger partial charge in [0, 0.05) is 42.8 Å². The highest BCUT2D eigenvalue weighted by Crippen LogP contribution is 2.23. The predicted octanol–water partition coefficient (Wildman–Crippen LogP) is 3.51. The van der Waals surface area contributed by atoms with Crippen LogP contribution in [0.4, 0.5) is 11.4 Å². The van der Waals surface area contributed by atoms with Gasteiger partial charge in [-0.3, -0.25) is 14.4 Å². The third-order valence-corrected chi connectivity index (χ3v) is 6.02. The van der Waals surface area contributed by atoms with Crippen LogP contribution in [0.5, 0.6) is 0 Å². The van der Waals surface area contributed by atoms with Gasteiger partial charge in [-0.2, -0.15) is 0 Å². The molecular weight excluding hydrogens is 404 g/mol. The average molecular weight is 437 g/mol. The highest BCUT2D eigenvalue weighted by molar-refractivity contribution is 6.09. The number of para-hydroxylation sites is 1. The third kappa shape index (κ3) is 5.28. The van der Waals surface area contributed by atoms with Gasteiger partial charge in [-0.1, -0.05) is 12.1 Å². The van der Waals surface area contributed by atoms with Crippen molar-refractivity contribution in [2.24, 2.45) is 11.7 Å². The van der Waals surface area contributed by atoms with Crippen LogP contribution in [0.3, 0.4) is 0 Å². The average Bonchev–Trinajstić information content (AvgIpc) is 2.79. The van der Waals surface area contributed by atoms with E-state index < -0.39 is 0 Å². The number of hydrogen-bond donors (Lipinski definition) is 2. The van der Waals surface area contributed by atoms with Gasteiger partial charge in [-0.25, -0.2) is 0 Å². The number of primary amides is 1. The van der Waals surface area contributed by atoms with Crippen LogP contribution in [0, 0.1) is 5.92 Å². The van der Waals surface area contributed by atoms with Crippen molar-refractivity contribution in [2.45, 2.75) is 39.7 Å². The Bertz CT molecular complexity index is 963. The van der Waals surface area contributed by atoms with Crippen LogP contribution in [0.15, 0.2) is 48.5 Å². The lowest BCUT2D eigenvalue weighted by atomic mass is 9.95. The summed E-state index contributed by atoms with van der Waals surface area (Å²) >= 11 is 0. The number of likely N-dealkylation sites (tertiary alicyclic amines) is 1. The van der Waals surface area contributed by atoms with Gasteiger partial charge in [0.25, 0.3) is 11.8 Å². The van der Waals surface area contributed by atoms with Gasteiger partial charge < -0.3 is 20.9 Å². The van der Waals surface area contributed by atoms with E-state index in [2.05, 4.69) is 31.0 Å². The van der Waals surface area contributed by atoms with Crippen LogP contribution in [0.25, 0.3) is 0 Å². The maximum Gasteiger partial charge on any atom is 0.255 e. The zero-order valence-corrected chi connectivity index (χ0v) is 19.0. The summed E-state index contributed by atoms with van der Waals surface area (Å²) in [6.07, 6.45) is 1.13. The molecule has 0 radical (unpaired) electrons. The van der Waals surface area contributed by atoms with Gasteiger partial charge in [0.15, 0.2) is 0 Å². The number of piperidine rings is 1. The van der Waals surface area contributed by atoms with Gasteiger partial charge >= 0.3 is 0 Å². The number of nitrogens with zero attached hydrogens (tertiary/aromatic N) is 2. The summed E-state index contributed by atoms with van der Waals surface area (Å²) in [6, 6.07) is 14.9. The highest BCUT2D eigenvalue weighted by Gasteiger charge is 2.27. The van der Waals surface area contributed by atoms with Crippen molar-refractivity contribution in [2.75, 3.05) is 29.9 Å². The molecule has 7 nitrogen and oxygen atoms in total. The largest absolute Gasteiger partial charge is 0.369 e. The van der Waals surface area contributed by atoms with Crippen LogP contribution in [0.2, 0.25) is 0 Å². The summed E-state index contributed by atoms with van der Waals surface area (Å²) in [5, 5.41) is 2.89. The Kier molecular flexibility index (Phi) is 7.51. The van der Waals surface area contributed by atoms with Crippen molar-refractivity contribution >= 4 is 29.1 Å². The van der Waals surface area contributed by atoms with Crippen LogP contribution in [-0.2, 0) is 4.79 Å². The van der Waals surface area contributed by atoms with E-state index in [-0.39, 0.29) is 23.6 Å². The molecule has 7 heteroatoms. The molecule has 1 fully saturated rings. The third-order valence-electron chi connectivity index (χ3n) is 6.02. The molecule has 3 amide bonds. The lowest BCUT2D eigenvalue weighted by Crippen LogP contribution is -2.42. The molecule has 0 saturated carbocycles. The predicted molar refractivity (Wildman–Crippen MR) is 127 cm³/mol. The number of benzene rings is 2. The van der Waals surface area contributed by atoms with E-state index in [0.29, 0.717) is 48.8 Å². The highest BCUT2D eigenvalue weighted by atomic mass is 16.2. The first-order chi connectivity index (χ1) is 15.3. The fourth-order valence-electron chi connectivity index (χ4n) is 4.16. The van der Waals surface area contributed by atoms with Gasteiger partial charge in [-0.05, 0) is 70.0 Å². The quantitative estimate of drug-likeness (QED) is 0.694. The van der Waals surface area contributed by atoms with E-state index >= 15 is 0 Å². The normalized spacial score (nSPS) is 14.3. The summed E-state index contributed by atoms with van der Waals surface area (Å²) in [6.45, 7) is 8.20. The molecule has 32 heavy (non-hydrogen) atoms. The molecule has 1 saturated heterocycles. The smallest absolute Gasteiger partial charge is 0.255 e. The SMILES string of the molecule is CCN(c1ccc(C(=O)Nc2ccccc2C(=O)N2CCC(C(N)=O)CC2)cc1)C(C)C. The molecule has 0 atom stereocenters. The van der Waals surface area contributed by atoms with Crippen LogP contribution < -0.4 is 16.0 Å². The second-order valence-corrected chi connectivity index (χ2v) is 8.40. The molecule has 0 bridgehead atoms. The minimum absolute atomic E-state index is 0.158. The molecule has 1 aliphatic rings. The number of carbonyl (C=O) groups excluding carboxylic acids is 3. The van der Waals surface area contributed by atoms with Crippen molar-refractivity contribution < 1.29 is 14.4 Å². The molecule has 3 rings (SSSR count). The number of amides is 3. The first kappa shape index (κ1) is 23.3. The second kappa shape index (κ2) is 10.3. The van der Waals surface area contributed by atoms with E-state index in [1.807, 2.05) is 12.1 Å². The topological polar surface area (TPSA) is 95.7 Å². The summed E-state index contributed by atoms with van der Waals surface area (Å²) in [4.78, 5) is 41.3. The first-order valence-corrected chi connectivity index (χ1v) is 11.2. The Hall–Kier alpha value is -3.35. The van der Waals surface area contributed by atoms with Gasteiger partial charge in [0.1, 0.15) is 0 Å². The van der Waals surface area contributed by atoms with Crippen molar-refractivity contribution in [3.63, 3.8) is 0 Å². The van der Waals surface area contributed by atoms with Crippen molar-refractivity contribution in [3.8, 4) is 0 Å². The minimum atomic E-state index is -0.314. The van der Waals surface area contributed by atoms with E-state index in [0.717, 1.165) is 12.2 Å².